The van der Waals surface area contributed by atoms with Crippen LogP contribution in [0.1, 0.15) is 38.8 Å². The lowest BCUT2D eigenvalue weighted by molar-refractivity contribution is 0.00578. The summed E-state index contributed by atoms with van der Waals surface area (Å²) >= 11 is 0. The Kier molecular flexibility index (Phi) is 4.54. The van der Waals surface area contributed by atoms with Gasteiger partial charge in [0.1, 0.15) is 0 Å². The summed E-state index contributed by atoms with van der Waals surface area (Å²) in [5.41, 5.74) is 2.09. The van der Waals surface area contributed by atoms with E-state index in [0.29, 0.717) is 24.2 Å². The van der Waals surface area contributed by atoms with Gasteiger partial charge in [-0.05, 0) is 75.5 Å². The minimum atomic E-state index is -3.68. The molecule has 0 unspecified atom stereocenters. The molecule has 1 fully saturated rings. The Morgan fingerprint density at radius 3 is 2.24 bits per heavy atom. The largest absolute Gasteiger partial charge is 0.494 e. The van der Waals surface area contributed by atoms with E-state index in [0.717, 1.165) is 11.0 Å². The summed E-state index contributed by atoms with van der Waals surface area (Å²) in [5.74, 6) is 0. The average molecular weight is 410 g/mol. The summed E-state index contributed by atoms with van der Waals surface area (Å²) in [6, 6.07) is 13.7. The number of nitriles is 1. The molecule has 0 amide bonds. The summed E-state index contributed by atoms with van der Waals surface area (Å²) in [4.78, 5) is 0.180. The molecule has 2 aliphatic rings. The molecule has 0 spiro atoms. The van der Waals surface area contributed by atoms with E-state index in [-0.39, 0.29) is 4.90 Å². The fourth-order valence-corrected chi connectivity index (χ4v) is 5.10. The lowest BCUT2D eigenvalue weighted by Gasteiger charge is -2.32. The zero-order valence-corrected chi connectivity index (χ0v) is 17.8. The van der Waals surface area contributed by atoms with Crippen LogP contribution in [-0.4, -0.2) is 33.3 Å². The smallest absolute Gasteiger partial charge is 0.399 e. The Labute approximate surface area is 172 Å². The second-order valence-electron chi connectivity index (χ2n) is 8.44. The third-order valence-electron chi connectivity index (χ3n) is 6.05. The Bertz CT molecular complexity index is 1090. The first-order chi connectivity index (χ1) is 13.5. The predicted molar refractivity (Wildman–Crippen MR) is 112 cm³/mol. The normalized spacial score (nSPS) is 19.8. The van der Waals surface area contributed by atoms with Crippen molar-refractivity contribution < 1.29 is 17.7 Å². The van der Waals surface area contributed by atoms with E-state index < -0.39 is 28.3 Å². The second kappa shape index (κ2) is 6.59. The molecule has 0 N–H and O–H groups in total. The summed E-state index contributed by atoms with van der Waals surface area (Å²) in [7, 11) is -4.16. The van der Waals surface area contributed by atoms with Gasteiger partial charge in [-0.2, -0.15) is 5.26 Å². The molecule has 1 saturated heterocycles. The van der Waals surface area contributed by atoms with Gasteiger partial charge in [0, 0.05) is 6.54 Å². The summed E-state index contributed by atoms with van der Waals surface area (Å²) in [5, 5.41) is 8.92. The number of nitrogens with zero attached hydrogens (tertiary/aromatic N) is 2. The van der Waals surface area contributed by atoms with E-state index in [9.17, 15) is 8.42 Å². The van der Waals surface area contributed by atoms with Crippen molar-refractivity contribution in [2.24, 2.45) is 0 Å². The van der Waals surface area contributed by atoms with Gasteiger partial charge in [0.25, 0.3) is 10.0 Å². The van der Waals surface area contributed by atoms with E-state index in [2.05, 4.69) is 0 Å². The zero-order valence-electron chi connectivity index (χ0n) is 17.0. The molecular formula is C21H23BN2O4S. The monoisotopic (exact) mass is 410 g/mol. The maximum absolute atomic E-state index is 13.1. The molecular weight excluding hydrogens is 387 g/mol. The molecule has 29 heavy (non-hydrogen) atoms. The van der Waals surface area contributed by atoms with Crippen LogP contribution in [0.15, 0.2) is 47.4 Å². The molecule has 0 aliphatic carbocycles. The molecule has 8 heteroatoms. The van der Waals surface area contributed by atoms with Crippen LogP contribution in [-0.2, 0) is 25.8 Å². The van der Waals surface area contributed by atoms with Crippen LogP contribution in [0.3, 0.4) is 0 Å². The van der Waals surface area contributed by atoms with Crippen LogP contribution in [0.2, 0.25) is 0 Å². The van der Waals surface area contributed by atoms with Crippen LogP contribution in [0.4, 0.5) is 5.69 Å². The topological polar surface area (TPSA) is 79.6 Å². The van der Waals surface area contributed by atoms with Crippen molar-refractivity contribution in [2.45, 2.75) is 50.2 Å². The third kappa shape index (κ3) is 3.23. The number of anilines is 1. The highest BCUT2D eigenvalue weighted by Crippen LogP contribution is 2.37. The number of sulfonamides is 1. The van der Waals surface area contributed by atoms with Gasteiger partial charge < -0.3 is 9.31 Å². The van der Waals surface area contributed by atoms with Crippen LogP contribution >= 0.6 is 0 Å². The highest BCUT2D eigenvalue weighted by Gasteiger charge is 2.51. The van der Waals surface area contributed by atoms with Crippen molar-refractivity contribution in [3.05, 3.63) is 53.6 Å². The molecule has 0 aromatic heterocycles. The molecule has 4 rings (SSSR count). The van der Waals surface area contributed by atoms with Crippen molar-refractivity contribution >= 4 is 28.3 Å². The van der Waals surface area contributed by atoms with Gasteiger partial charge in [0.15, 0.2) is 0 Å². The fourth-order valence-electron chi connectivity index (χ4n) is 3.60. The average Bonchev–Trinajstić information content (AvgIpc) is 3.19. The van der Waals surface area contributed by atoms with Gasteiger partial charge in [-0.25, -0.2) is 8.42 Å². The van der Waals surface area contributed by atoms with Crippen LogP contribution in [0.25, 0.3) is 0 Å². The van der Waals surface area contributed by atoms with Gasteiger partial charge in [-0.1, -0.05) is 12.1 Å². The molecule has 6 nitrogen and oxygen atoms in total. The molecule has 2 aromatic carbocycles. The highest BCUT2D eigenvalue weighted by atomic mass is 32.2. The third-order valence-corrected chi connectivity index (χ3v) is 7.88. The summed E-state index contributed by atoms with van der Waals surface area (Å²) in [6.07, 6.45) is 0.623. The predicted octanol–water partition coefficient (Wildman–Crippen LogP) is 2.61. The van der Waals surface area contributed by atoms with E-state index in [4.69, 9.17) is 14.6 Å². The molecule has 0 atom stereocenters. The summed E-state index contributed by atoms with van der Waals surface area (Å²) in [6.45, 7) is 8.40. The lowest BCUT2D eigenvalue weighted by atomic mass is 9.78. The minimum Gasteiger partial charge on any atom is -0.399 e. The van der Waals surface area contributed by atoms with Crippen LogP contribution in [0.5, 0.6) is 0 Å². The maximum atomic E-state index is 13.1. The van der Waals surface area contributed by atoms with Gasteiger partial charge >= 0.3 is 7.12 Å². The number of hydrogen-bond acceptors (Lipinski definition) is 5. The summed E-state index contributed by atoms with van der Waals surface area (Å²) < 4.78 is 39.9. The zero-order chi connectivity index (χ0) is 21.0. The first-order valence-electron chi connectivity index (χ1n) is 9.56. The van der Waals surface area contributed by atoms with Gasteiger partial charge in [0.05, 0.1) is 33.4 Å². The maximum Gasteiger partial charge on any atom is 0.494 e. The number of rotatable bonds is 3. The lowest BCUT2D eigenvalue weighted by Crippen LogP contribution is -2.41. The van der Waals surface area contributed by atoms with Crippen molar-refractivity contribution in [3.8, 4) is 6.07 Å². The number of fused-ring (bicyclic) bond motifs is 1. The number of hydrogen-bond donors (Lipinski definition) is 0. The highest BCUT2D eigenvalue weighted by molar-refractivity contribution is 7.92. The van der Waals surface area contributed by atoms with Gasteiger partial charge in [-0.15, -0.1) is 0 Å². The molecule has 0 bridgehead atoms. The Morgan fingerprint density at radius 1 is 1.03 bits per heavy atom. The molecule has 2 aromatic rings. The minimum absolute atomic E-state index is 0.180. The number of benzene rings is 2. The van der Waals surface area contributed by atoms with E-state index in [1.165, 1.54) is 28.6 Å². The molecule has 150 valence electrons. The Balaban J connectivity index is 1.63. The van der Waals surface area contributed by atoms with E-state index in [1.54, 1.807) is 0 Å². The Morgan fingerprint density at radius 2 is 1.66 bits per heavy atom. The second-order valence-corrected chi connectivity index (χ2v) is 10.3. The Hall–Kier alpha value is -2.34. The molecule has 0 radical (unpaired) electrons. The van der Waals surface area contributed by atoms with Crippen LogP contribution in [0, 0.1) is 11.3 Å². The van der Waals surface area contributed by atoms with Gasteiger partial charge in [0.2, 0.25) is 0 Å². The standard InChI is InChI=1S/C21H23BN2O4S/c1-20(2)21(3,4)28-22(27-20)17-7-10-19-16(13-17)11-12-24(19)29(25,26)18-8-5-15(14-23)6-9-18/h5-10,13H,11-12H2,1-4H3. The quantitative estimate of drug-likeness (QED) is 0.727. The van der Waals surface area contributed by atoms with Crippen molar-refractivity contribution in [2.75, 3.05) is 10.8 Å². The van der Waals surface area contributed by atoms with Crippen molar-refractivity contribution in [1.29, 1.82) is 5.26 Å². The van der Waals surface area contributed by atoms with Crippen LogP contribution < -0.4 is 9.77 Å². The first kappa shape index (κ1) is 20.0. The van der Waals surface area contributed by atoms with Crippen molar-refractivity contribution in [1.82, 2.24) is 0 Å². The van der Waals surface area contributed by atoms with E-state index in [1.807, 2.05) is 52.0 Å². The van der Waals surface area contributed by atoms with Crippen molar-refractivity contribution in [3.63, 3.8) is 0 Å². The molecule has 0 saturated carbocycles. The first-order valence-corrected chi connectivity index (χ1v) is 11.0. The SMILES string of the molecule is CC1(C)OB(c2ccc3c(c2)CCN3S(=O)(=O)c2ccc(C#N)cc2)OC1(C)C. The molecule has 2 heterocycles. The van der Waals surface area contributed by atoms with Gasteiger partial charge in [-0.3, -0.25) is 4.31 Å². The fraction of sp³-hybridized carbons (Fsp3) is 0.381. The molecule has 2 aliphatic heterocycles. The van der Waals surface area contributed by atoms with E-state index >= 15 is 0 Å².